The van der Waals surface area contributed by atoms with Gasteiger partial charge in [-0.05, 0) is 40.3 Å². The molecule has 0 N–H and O–H groups in total. The van der Waals surface area contributed by atoms with Gasteiger partial charge in [-0.25, -0.2) is 9.97 Å². The van der Waals surface area contributed by atoms with Crippen LogP contribution >= 0.6 is 0 Å². The fourth-order valence-electron chi connectivity index (χ4n) is 9.82. The van der Waals surface area contributed by atoms with Gasteiger partial charge in [0.2, 0.25) is 0 Å². The molecule has 5 aromatic carbocycles. The van der Waals surface area contributed by atoms with Crippen LogP contribution in [0.1, 0.15) is 38.8 Å². The molecular formula is C50H37N5OPd. The fraction of sp³-hybridized carbons (Fsp3) is 0.140. The number of benzene rings is 5. The van der Waals surface area contributed by atoms with Gasteiger partial charge in [-0.1, -0.05) is 141 Å². The summed E-state index contributed by atoms with van der Waals surface area (Å²) < 4.78 is 11.2. The van der Waals surface area contributed by atoms with Gasteiger partial charge >= 0.3 is 20.4 Å². The number of pyridine rings is 3. The molecule has 0 aliphatic carbocycles. The molecule has 278 valence electrons. The maximum absolute atomic E-state index is 6.71. The molecule has 0 fully saturated rings. The summed E-state index contributed by atoms with van der Waals surface area (Å²) in [6.07, 6.45) is 3.75. The quantitative estimate of drug-likeness (QED) is 0.0951. The molecule has 11 rings (SSSR count). The summed E-state index contributed by atoms with van der Waals surface area (Å²) in [5.74, 6) is 2.86. The van der Waals surface area contributed by atoms with Gasteiger partial charge in [0.05, 0.1) is 17.0 Å². The summed E-state index contributed by atoms with van der Waals surface area (Å²) in [5.41, 5.74) is 10.1. The summed E-state index contributed by atoms with van der Waals surface area (Å²) in [4.78, 5) is 15.4. The summed E-state index contributed by atoms with van der Waals surface area (Å²) in [7, 11) is 0. The van der Waals surface area contributed by atoms with E-state index in [9.17, 15) is 0 Å². The molecular weight excluding hydrogens is 793 g/mol. The average molecular weight is 830 g/mol. The molecule has 1 aliphatic rings. The number of imidazole rings is 1. The number of nitrogens with zero attached hydrogens (tertiary/aromatic N) is 5. The van der Waals surface area contributed by atoms with Crippen molar-refractivity contribution in [1.29, 1.82) is 0 Å². The molecule has 0 radical (unpaired) electrons. The van der Waals surface area contributed by atoms with E-state index in [0.717, 1.165) is 66.7 Å². The molecule has 0 bridgehead atoms. The molecule has 7 heteroatoms. The van der Waals surface area contributed by atoms with E-state index in [2.05, 4.69) is 146 Å². The van der Waals surface area contributed by atoms with Crippen LogP contribution in [0.15, 0.2) is 140 Å². The van der Waals surface area contributed by atoms with Gasteiger partial charge in [-0.3, -0.25) is 4.98 Å². The molecule has 0 spiro atoms. The molecule has 0 saturated carbocycles. The van der Waals surface area contributed by atoms with Crippen LogP contribution in [0.5, 0.6) is 11.5 Å². The first-order valence-electron chi connectivity index (χ1n) is 19.3. The van der Waals surface area contributed by atoms with Gasteiger partial charge in [0.25, 0.3) is 0 Å². The predicted molar refractivity (Wildman–Crippen MR) is 226 cm³/mol. The van der Waals surface area contributed by atoms with E-state index in [1.807, 2.05) is 42.7 Å². The van der Waals surface area contributed by atoms with Gasteiger partial charge in [-0.15, -0.1) is 29.7 Å². The minimum Gasteiger partial charge on any atom is -0.503 e. The van der Waals surface area contributed by atoms with Crippen LogP contribution in [0.2, 0.25) is 0 Å². The van der Waals surface area contributed by atoms with Crippen LogP contribution in [-0.2, 0) is 25.8 Å². The molecule has 5 aromatic heterocycles. The normalized spacial score (nSPS) is 13.2. The van der Waals surface area contributed by atoms with Gasteiger partial charge in [0, 0.05) is 51.5 Å². The van der Waals surface area contributed by atoms with Crippen molar-refractivity contribution in [2.45, 2.75) is 33.1 Å². The molecule has 0 unspecified atom stereocenters. The van der Waals surface area contributed by atoms with E-state index in [-0.39, 0.29) is 25.8 Å². The fourth-order valence-corrected chi connectivity index (χ4v) is 9.82. The molecule has 0 saturated heterocycles. The van der Waals surface area contributed by atoms with Crippen LogP contribution in [0.4, 0.5) is 0 Å². The van der Waals surface area contributed by atoms with Crippen molar-refractivity contribution in [1.82, 2.24) is 23.9 Å². The molecule has 57 heavy (non-hydrogen) atoms. The van der Waals surface area contributed by atoms with E-state index >= 15 is 0 Å². The van der Waals surface area contributed by atoms with Gasteiger partial charge in [0.1, 0.15) is 11.5 Å². The zero-order valence-electron chi connectivity index (χ0n) is 31.9. The van der Waals surface area contributed by atoms with Crippen molar-refractivity contribution in [3.63, 3.8) is 0 Å². The van der Waals surface area contributed by atoms with E-state index < -0.39 is 0 Å². The van der Waals surface area contributed by atoms with Crippen LogP contribution in [0.3, 0.4) is 0 Å². The van der Waals surface area contributed by atoms with Crippen LogP contribution in [0.25, 0.3) is 77.6 Å². The third-order valence-electron chi connectivity index (χ3n) is 12.0. The predicted octanol–water partition coefficient (Wildman–Crippen LogP) is 12.2. The largest absolute Gasteiger partial charge is 2.00 e. The first kappa shape index (κ1) is 35.3. The third-order valence-corrected chi connectivity index (χ3v) is 12.0. The first-order chi connectivity index (χ1) is 27.4. The van der Waals surface area contributed by atoms with E-state index in [1.54, 1.807) is 0 Å². The van der Waals surface area contributed by atoms with Crippen molar-refractivity contribution >= 4 is 49.3 Å². The van der Waals surface area contributed by atoms with Gasteiger partial charge in [0.15, 0.2) is 0 Å². The second-order valence-corrected chi connectivity index (χ2v) is 15.5. The maximum atomic E-state index is 6.71. The second-order valence-electron chi connectivity index (χ2n) is 15.5. The zero-order chi connectivity index (χ0) is 37.7. The molecule has 6 nitrogen and oxygen atoms in total. The van der Waals surface area contributed by atoms with Crippen molar-refractivity contribution in [3.05, 3.63) is 163 Å². The van der Waals surface area contributed by atoms with Crippen LogP contribution in [-0.4, -0.2) is 23.9 Å². The monoisotopic (exact) mass is 829 g/mol. The topological polar surface area (TPSA) is 57.2 Å². The van der Waals surface area contributed by atoms with Gasteiger partial charge in [-0.2, -0.15) is 6.07 Å². The number of para-hydroxylation sites is 1. The number of aromatic nitrogens is 5. The Morgan fingerprint density at radius 1 is 0.579 bits per heavy atom. The van der Waals surface area contributed by atoms with E-state index in [1.165, 1.54) is 22.0 Å². The Bertz CT molecular complexity index is 3180. The Labute approximate surface area is 344 Å². The standard InChI is InChI=1S/C50H37N5O.Pd/c1-30(2)50(31(3)4)41-20-11-18-38-37-25-23-35(29-43(37)54(46(38)41)49-42(50)21-13-27-52-49)56-34-22-24-36-39-19-12-26-51-47(39)55-45(33-16-9-6-10-17-33)44(32-14-7-5-8-15-32)53-48(55)40(36)28-34;/h5-27,30-31H,1-4H3;/q-2;+2. The van der Waals surface area contributed by atoms with Crippen molar-refractivity contribution in [2.24, 2.45) is 11.8 Å². The summed E-state index contributed by atoms with van der Waals surface area (Å²) in [6.45, 7) is 9.36. The summed E-state index contributed by atoms with van der Waals surface area (Å²) >= 11 is 0. The summed E-state index contributed by atoms with van der Waals surface area (Å²) in [5, 5.41) is 5.20. The maximum Gasteiger partial charge on any atom is 2.00 e. The summed E-state index contributed by atoms with van der Waals surface area (Å²) in [6, 6.07) is 51.6. The molecule has 10 aromatic rings. The Kier molecular flexibility index (Phi) is 8.20. The number of rotatable bonds is 6. The third kappa shape index (κ3) is 4.96. The first-order valence-corrected chi connectivity index (χ1v) is 19.3. The number of hydrogen-bond donors (Lipinski definition) is 0. The van der Waals surface area contributed by atoms with Gasteiger partial charge < -0.3 is 13.7 Å². The van der Waals surface area contributed by atoms with Crippen LogP contribution < -0.4 is 4.74 Å². The Morgan fingerprint density at radius 3 is 1.98 bits per heavy atom. The molecule has 0 amide bonds. The zero-order valence-corrected chi connectivity index (χ0v) is 33.4. The molecule has 6 heterocycles. The smallest absolute Gasteiger partial charge is 0.503 e. The average Bonchev–Trinajstić information content (AvgIpc) is 3.80. The van der Waals surface area contributed by atoms with E-state index in [4.69, 9.17) is 19.7 Å². The number of ether oxygens (including phenoxy) is 1. The second kappa shape index (κ2) is 13.2. The Hall–Kier alpha value is -6.13. The minimum absolute atomic E-state index is 0. The minimum atomic E-state index is -0.189. The molecule has 1 aliphatic heterocycles. The SMILES string of the molecule is CC(C)C1(C(C)C)c2cccnc2-n2c3[c-]c(Oc4[c-]c5c(cc4)c4cccnc4n4c(-c6ccccc6)c(-c6ccccc6)nc54)ccc3c3cccc1c32.[Pd+2]. The van der Waals surface area contributed by atoms with Crippen molar-refractivity contribution < 1.29 is 25.2 Å². The number of hydrogen-bond acceptors (Lipinski definition) is 4. The van der Waals surface area contributed by atoms with Crippen molar-refractivity contribution in [3.8, 4) is 39.8 Å². The molecule has 0 atom stereocenters. The van der Waals surface area contributed by atoms with Crippen molar-refractivity contribution in [2.75, 3.05) is 0 Å². The Morgan fingerprint density at radius 2 is 1.23 bits per heavy atom. The number of fused-ring (bicyclic) bond motifs is 11. The Balaban J connectivity index is 0.00000396. The van der Waals surface area contributed by atoms with Crippen LogP contribution in [0, 0.1) is 24.0 Å². The van der Waals surface area contributed by atoms with E-state index in [0.29, 0.717) is 23.3 Å².